The highest BCUT2D eigenvalue weighted by Gasteiger charge is 2.16. The third-order valence-electron chi connectivity index (χ3n) is 1.44. The third kappa shape index (κ3) is 1.88. The molecule has 4 nitrogen and oxygen atoms in total. The van der Waals surface area contributed by atoms with Crippen LogP contribution in [0.1, 0.15) is 6.42 Å². The minimum Gasteiger partial charge on any atom is -0.423 e. The summed E-state index contributed by atoms with van der Waals surface area (Å²) in [7, 11) is -1.44. The van der Waals surface area contributed by atoms with Crippen molar-refractivity contribution in [3.8, 4) is 0 Å². The zero-order valence-electron chi connectivity index (χ0n) is 5.81. The minimum absolute atomic E-state index is 0.428. The maximum atomic E-state index is 8.67. The van der Waals surface area contributed by atoms with E-state index in [0.29, 0.717) is 17.6 Å². The zero-order chi connectivity index (χ0) is 8.27. The Morgan fingerprint density at radius 3 is 2.55 bits per heavy atom. The topological polar surface area (TPSA) is 76.9 Å². The van der Waals surface area contributed by atoms with Crippen molar-refractivity contribution < 1.29 is 14.8 Å². The van der Waals surface area contributed by atoms with Crippen LogP contribution < -0.4 is 0 Å². The van der Waals surface area contributed by atoms with Gasteiger partial charge >= 0.3 is 7.12 Å². The predicted octanol–water partition coefficient (Wildman–Crippen LogP) is -0.445. The third-order valence-corrected chi connectivity index (χ3v) is 1.44. The van der Waals surface area contributed by atoms with Crippen molar-refractivity contribution in [2.75, 3.05) is 0 Å². The second-order valence-corrected chi connectivity index (χ2v) is 2.21. The molecule has 0 spiro atoms. The van der Waals surface area contributed by atoms with Gasteiger partial charge in [-0.1, -0.05) is 12.2 Å². The Labute approximate surface area is 64.2 Å². The normalized spacial score (nSPS) is 15.8. The highest BCUT2D eigenvalue weighted by molar-refractivity contribution is 6.52. The van der Waals surface area contributed by atoms with Gasteiger partial charge in [-0.2, -0.15) is 4.79 Å². The van der Waals surface area contributed by atoms with E-state index in [1.165, 1.54) is 12.2 Å². The van der Waals surface area contributed by atoms with Crippen LogP contribution in [0.5, 0.6) is 0 Å². The molecule has 0 amide bonds. The van der Waals surface area contributed by atoms with E-state index in [4.69, 9.17) is 15.6 Å². The second-order valence-electron chi connectivity index (χ2n) is 2.21. The summed E-state index contributed by atoms with van der Waals surface area (Å²) in [5.74, 6) is 0. The zero-order valence-corrected chi connectivity index (χ0v) is 5.81. The Morgan fingerprint density at radius 2 is 2.18 bits per heavy atom. The summed E-state index contributed by atoms with van der Waals surface area (Å²) in [5, 5.41) is 17.3. The lowest BCUT2D eigenvalue weighted by Gasteiger charge is -2.01. The van der Waals surface area contributed by atoms with E-state index in [-0.39, 0.29) is 0 Å². The first-order chi connectivity index (χ1) is 5.24. The molecular formula is C6H7BN2O2. The molecule has 5 heteroatoms. The quantitative estimate of drug-likeness (QED) is 0.301. The molecule has 1 rings (SSSR count). The number of nitrogens with zero attached hydrogens (tertiary/aromatic N) is 2. The van der Waals surface area contributed by atoms with Gasteiger partial charge in [-0.05, 0) is 5.47 Å². The Kier molecular flexibility index (Phi) is 2.38. The van der Waals surface area contributed by atoms with Crippen LogP contribution in [0.25, 0.3) is 5.53 Å². The van der Waals surface area contributed by atoms with Crippen LogP contribution in [0.4, 0.5) is 0 Å². The maximum Gasteiger partial charge on any atom is 0.488 e. The molecular weight excluding hydrogens is 143 g/mol. The van der Waals surface area contributed by atoms with Crippen LogP contribution in [-0.4, -0.2) is 27.7 Å². The lowest BCUT2D eigenvalue weighted by Crippen LogP contribution is -2.16. The Hall–Kier alpha value is -1.16. The molecule has 56 valence electrons. The van der Waals surface area contributed by atoms with E-state index in [0.717, 1.165) is 0 Å². The molecule has 0 radical (unpaired) electrons. The first-order valence-corrected chi connectivity index (χ1v) is 3.19. The number of hydrogen-bond acceptors (Lipinski definition) is 2. The van der Waals surface area contributed by atoms with Crippen LogP contribution in [0, 0.1) is 0 Å². The summed E-state index contributed by atoms with van der Waals surface area (Å²) in [6, 6.07) is 0. The highest BCUT2D eigenvalue weighted by Crippen LogP contribution is 2.07. The molecule has 2 N–H and O–H groups in total. The Morgan fingerprint density at radius 1 is 1.45 bits per heavy atom. The van der Waals surface area contributed by atoms with Crippen LogP contribution in [0.15, 0.2) is 23.7 Å². The molecule has 0 aliphatic heterocycles. The summed E-state index contributed by atoms with van der Waals surface area (Å²) in [6.45, 7) is 0. The van der Waals surface area contributed by atoms with E-state index in [9.17, 15) is 0 Å². The highest BCUT2D eigenvalue weighted by atomic mass is 16.4. The van der Waals surface area contributed by atoms with Crippen molar-refractivity contribution in [3.63, 3.8) is 0 Å². The fourth-order valence-electron chi connectivity index (χ4n) is 0.817. The molecule has 0 bridgehead atoms. The van der Waals surface area contributed by atoms with Crippen LogP contribution in [0.3, 0.4) is 0 Å². The fourth-order valence-corrected chi connectivity index (χ4v) is 0.817. The molecule has 0 fully saturated rings. The molecule has 0 aromatic carbocycles. The first-order valence-electron chi connectivity index (χ1n) is 3.19. The average molecular weight is 150 g/mol. The van der Waals surface area contributed by atoms with Gasteiger partial charge in [0.05, 0.1) is 6.42 Å². The van der Waals surface area contributed by atoms with Gasteiger partial charge in [0.1, 0.15) is 0 Å². The summed E-state index contributed by atoms with van der Waals surface area (Å²) in [4.78, 5) is 2.96. The van der Waals surface area contributed by atoms with Crippen LogP contribution in [0.2, 0.25) is 0 Å². The molecule has 0 atom stereocenters. The van der Waals surface area contributed by atoms with E-state index in [2.05, 4.69) is 4.79 Å². The van der Waals surface area contributed by atoms with E-state index >= 15 is 0 Å². The summed E-state index contributed by atoms with van der Waals surface area (Å²) in [6.07, 6.45) is 5.07. The first kappa shape index (κ1) is 7.95. The van der Waals surface area contributed by atoms with E-state index < -0.39 is 7.12 Å². The van der Waals surface area contributed by atoms with Gasteiger partial charge in [-0.15, -0.1) is 0 Å². The van der Waals surface area contributed by atoms with Crippen molar-refractivity contribution in [2.45, 2.75) is 6.42 Å². The van der Waals surface area contributed by atoms with E-state index in [1.54, 1.807) is 6.08 Å². The van der Waals surface area contributed by atoms with E-state index in [1.807, 2.05) is 0 Å². The summed E-state index contributed by atoms with van der Waals surface area (Å²) < 4.78 is 0. The van der Waals surface area contributed by atoms with Crippen LogP contribution >= 0.6 is 0 Å². The van der Waals surface area contributed by atoms with Crippen molar-refractivity contribution in [1.29, 1.82) is 0 Å². The van der Waals surface area contributed by atoms with Gasteiger partial charge < -0.3 is 15.6 Å². The number of allylic oxidation sites excluding steroid dienone is 4. The maximum absolute atomic E-state index is 8.67. The fraction of sp³-hybridized carbons (Fsp3) is 0.167. The van der Waals surface area contributed by atoms with Gasteiger partial charge in [0.2, 0.25) is 0 Å². The van der Waals surface area contributed by atoms with Crippen molar-refractivity contribution in [3.05, 3.63) is 29.2 Å². The van der Waals surface area contributed by atoms with Crippen molar-refractivity contribution >= 4 is 12.8 Å². The van der Waals surface area contributed by atoms with Crippen LogP contribution in [-0.2, 0) is 0 Å². The molecule has 0 aromatic heterocycles. The van der Waals surface area contributed by atoms with Crippen molar-refractivity contribution in [1.82, 2.24) is 0 Å². The molecule has 0 heterocycles. The van der Waals surface area contributed by atoms with Gasteiger partial charge in [0.15, 0.2) is 0 Å². The molecule has 1 aliphatic rings. The molecule has 0 saturated carbocycles. The Bertz CT molecular complexity index is 264. The van der Waals surface area contributed by atoms with Crippen molar-refractivity contribution in [2.24, 2.45) is 0 Å². The second kappa shape index (κ2) is 3.30. The van der Waals surface area contributed by atoms with Gasteiger partial charge in [-0.25, -0.2) is 0 Å². The smallest absolute Gasteiger partial charge is 0.423 e. The predicted molar refractivity (Wildman–Crippen MR) is 40.7 cm³/mol. The molecule has 0 saturated heterocycles. The SMILES string of the molecule is [N-]=[N+]=C1C=CC(B(O)O)=CC1. The number of hydrogen-bond donors (Lipinski definition) is 2. The van der Waals surface area contributed by atoms with Gasteiger partial charge in [-0.3, -0.25) is 0 Å². The lowest BCUT2D eigenvalue weighted by atomic mass is 9.76. The summed E-state index contributed by atoms with van der Waals surface area (Å²) in [5.41, 5.74) is 9.24. The molecule has 0 aromatic rings. The lowest BCUT2D eigenvalue weighted by molar-refractivity contribution is -0.00539. The molecule has 1 aliphatic carbocycles. The average Bonchev–Trinajstić information content (AvgIpc) is 2.05. The number of rotatable bonds is 1. The Balaban J connectivity index is 2.75. The minimum atomic E-state index is -1.44. The van der Waals surface area contributed by atoms with Gasteiger partial charge in [0.25, 0.3) is 5.71 Å². The summed E-state index contributed by atoms with van der Waals surface area (Å²) >= 11 is 0. The van der Waals surface area contributed by atoms with Gasteiger partial charge in [0, 0.05) is 6.08 Å². The standard InChI is InChI=1S/C6H7BN2O2/c8-9-6-3-1-5(2-4-6)7(10)11/h1-3,10-11H,4H2. The monoisotopic (exact) mass is 150 g/mol. The molecule has 0 unspecified atom stereocenters. The largest absolute Gasteiger partial charge is 0.488 e. The molecule has 11 heavy (non-hydrogen) atoms.